The van der Waals surface area contributed by atoms with E-state index in [1.807, 2.05) is 19.1 Å². The first-order chi connectivity index (χ1) is 9.70. The molecule has 0 radical (unpaired) electrons. The summed E-state index contributed by atoms with van der Waals surface area (Å²) in [5.74, 6) is 0.838. The Hall–Kier alpha value is -0.980. The molecule has 0 aliphatic heterocycles. The van der Waals surface area contributed by atoms with E-state index in [9.17, 15) is 0 Å². The molecule has 0 fully saturated rings. The summed E-state index contributed by atoms with van der Waals surface area (Å²) in [5.41, 5.74) is 2.09. The molecule has 2 rings (SSSR count). The van der Waals surface area contributed by atoms with E-state index < -0.39 is 0 Å². The Labute approximate surface area is 135 Å². The summed E-state index contributed by atoms with van der Waals surface area (Å²) >= 11 is 7.06. The molecule has 1 N–H and O–H groups in total. The quantitative estimate of drug-likeness (QED) is 0.803. The molecule has 1 aromatic carbocycles. The average Bonchev–Trinajstić information content (AvgIpc) is 2.44. The van der Waals surface area contributed by atoms with E-state index in [1.54, 1.807) is 6.20 Å². The van der Waals surface area contributed by atoms with Crippen molar-refractivity contribution in [1.29, 1.82) is 0 Å². The van der Waals surface area contributed by atoms with Gasteiger partial charge in [0.25, 0.3) is 0 Å². The Morgan fingerprint density at radius 2 is 1.95 bits per heavy atom. The molecule has 2 aromatic rings. The fourth-order valence-electron chi connectivity index (χ4n) is 1.76. The molecule has 0 saturated heterocycles. The summed E-state index contributed by atoms with van der Waals surface area (Å²) in [6.07, 6.45) is 1.67. The molecule has 4 nitrogen and oxygen atoms in total. The van der Waals surface area contributed by atoms with Crippen LogP contribution in [0.25, 0.3) is 0 Å². The van der Waals surface area contributed by atoms with Gasteiger partial charge < -0.3 is 10.1 Å². The van der Waals surface area contributed by atoms with E-state index in [2.05, 4.69) is 59.5 Å². The van der Waals surface area contributed by atoms with Crippen molar-refractivity contribution in [2.24, 2.45) is 0 Å². The number of hydrogen-bond donors (Lipinski definition) is 1. The number of benzene rings is 1. The number of ether oxygens (including phenoxy) is 1. The van der Waals surface area contributed by atoms with Crippen molar-refractivity contribution in [2.75, 3.05) is 6.61 Å². The van der Waals surface area contributed by atoms with Crippen LogP contribution in [0.15, 0.2) is 39.4 Å². The van der Waals surface area contributed by atoms with Gasteiger partial charge in [0.05, 0.1) is 21.2 Å². The Balaban J connectivity index is 1.96. The molecule has 0 atom stereocenters. The number of nitrogens with one attached hydrogen (secondary N) is 1. The summed E-state index contributed by atoms with van der Waals surface area (Å²) in [6, 6.07) is 7.94. The molecule has 20 heavy (non-hydrogen) atoms. The van der Waals surface area contributed by atoms with Crippen LogP contribution in [0, 0.1) is 0 Å². The molecule has 0 aliphatic carbocycles. The van der Waals surface area contributed by atoms with Crippen molar-refractivity contribution in [3.05, 3.63) is 50.7 Å². The molecule has 0 saturated carbocycles. The largest absolute Gasteiger partial charge is 0.492 e. The van der Waals surface area contributed by atoms with Crippen molar-refractivity contribution in [2.45, 2.75) is 20.0 Å². The molecule has 0 bridgehead atoms. The molecule has 0 spiro atoms. The molecule has 1 heterocycles. The van der Waals surface area contributed by atoms with Crippen molar-refractivity contribution in [1.82, 2.24) is 15.5 Å². The monoisotopic (exact) mass is 399 g/mol. The first-order valence-electron chi connectivity index (χ1n) is 6.28. The van der Waals surface area contributed by atoms with Gasteiger partial charge in [0, 0.05) is 19.3 Å². The smallest absolute Gasteiger partial charge is 0.147 e. The highest BCUT2D eigenvalue weighted by molar-refractivity contribution is 9.11. The fourth-order valence-corrected chi connectivity index (χ4v) is 3.27. The van der Waals surface area contributed by atoms with Crippen LogP contribution in [0.3, 0.4) is 0 Å². The number of halogens is 2. The maximum Gasteiger partial charge on any atom is 0.147 e. The zero-order valence-electron chi connectivity index (χ0n) is 11.1. The number of hydrogen-bond acceptors (Lipinski definition) is 4. The van der Waals surface area contributed by atoms with Crippen LogP contribution in [-0.4, -0.2) is 16.8 Å². The number of aromatic nitrogens is 2. The van der Waals surface area contributed by atoms with Crippen LogP contribution < -0.4 is 10.1 Å². The van der Waals surface area contributed by atoms with Gasteiger partial charge >= 0.3 is 0 Å². The second kappa shape index (κ2) is 7.71. The fraction of sp³-hybridized carbons (Fsp3) is 0.286. The number of rotatable bonds is 6. The van der Waals surface area contributed by atoms with Crippen LogP contribution in [0.5, 0.6) is 5.75 Å². The highest BCUT2D eigenvalue weighted by Crippen LogP contribution is 2.34. The zero-order chi connectivity index (χ0) is 14.4. The lowest BCUT2D eigenvalue weighted by Crippen LogP contribution is -2.14. The van der Waals surface area contributed by atoms with Gasteiger partial charge in [-0.1, -0.05) is 0 Å². The summed E-state index contributed by atoms with van der Waals surface area (Å²) in [5, 5.41) is 11.2. The van der Waals surface area contributed by atoms with Gasteiger partial charge in [0.2, 0.25) is 0 Å². The Morgan fingerprint density at radius 3 is 2.55 bits per heavy atom. The van der Waals surface area contributed by atoms with E-state index in [0.717, 1.165) is 32.5 Å². The van der Waals surface area contributed by atoms with E-state index in [4.69, 9.17) is 4.74 Å². The summed E-state index contributed by atoms with van der Waals surface area (Å²) < 4.78 is 7.46. The highest BCUT2D eigenvalue weighted by Gasteiger charge is 2.08. The van der Waals surface area contributed by atoms with Crippen molar-refractivity contribution in [3.8, 4) is 5.75 Å². The SMILES string of the molecule is CCOc1c(Br)cc(CNCc2cccnn2)cc1Br. The predicted molar refractivity (Wildman–Crippen MR) is 85.6 cm³/mol. The van der Waals surface area contributed by atoms with E-state index in [0.29, 0.717) is 13.2 Å². The van der Waals surface area contributed by atoms with Crippen LogP contribution in [0.2, 0.25) is 0 Å². The molecule has 0 aliphatic rings. The van der Waals surface area contributed by atoms with Gasteiger partial charge in [-0.25, -0.2) is 0 Å². The minimum Gasteiger partial charge on any atom is -0.492 e. The number of nitrogens with zero attached hydrogens (tertiary/aromatic N) is 2. The second-order valence-corrected chi connectivity index (χ2v) is 5.85. The summed E-state index contributed by atoms with van der Waals surface area (Å²) in [7, 11) is 0. The highest BCUT2D eigenvalue weighted by atomic mass is 79.9. The Morgan fingerprint density at radius 1 is 1.20 bits per heavy atom. The maximum atomic E-state index is 5.56. The Bertz CT molecular complexity index is 541. The zero-order valence-corrected chi connectivity index (χ0v) is 14.2. The van der Waals surface area contributed by atoms with E-state index in [1.165, 1.54) is 0 Å². The second-order valence-electron chi connectivity index (χ2n) is 4.14. The van der Waals surface area contributed by atoms with Crippen LogP contribution in [0.4, 0.5) is 0 Å². The molecular formula is C14H15Br2N3O. The van der Waals surface area contributed by atoms with Crippen molar-refractivity contribution >= 4 is 31.9 Å². The van der Waals surface area contributed by atoms with Crippen LogP contribution in [0.1, 0.15) is 18.2 Å². The summed E-state index contributed by atoms with van der Waals surface area (Å²) in [6.45, 7) is 4.05. The first-order valence-corrected chi connectivity index (χ1v) is 7.87. The third kappa shape index (κ3) is 4.26. The van der Waals surface area contributed by atoms with E-state index in [-0.39, 0.29) is 0 Å². The predicted octanol–water partition coefficient (Wildman–Crippen LogP) is 3.69. The van der Waals surface area contributed by atoms with Crippen LogP contribution in [-0.2, 0) is 13.1 Å². The van der Waals surface area contributed by atoms with Gasteiger partial charge in [-0.3, -0.25) is 0 Å². The summed E-state index contributed by atoms with van der Waals surface area (Å²) in [4.78, 5) is 0. The standard InChI is InChI=1S/C14H15Br2N3O/c1-2-20-14-12(15)6-10(7-13(14)16)8-17-9-11-4-3-5-18-19-11/h3-7,17H,2,8-9H2,1H3. The van der Waals surface area contributed by atoms with Gasteiger partial charge in [0.15, 0.2) is 0 Å². The molecule has 0 unspecified atom stereocenters. The normalized spacial score (nSPS) is 10.6. The first kappa shape index (κ1) is 15.4. The molecule has 106 valence electrons. The van der Waals surface area contributed by atoms with Crippen LogP contribution >= 0.6 is 31.9 Å². The Kier molecular flexibility index (Phi) is 5.94. The third-order valence-electron chi connectivity index (χ3n) is 2.61. The molecule has 6 heteroatoms. The van der Waals surface area contributed by atoms with Gasteiger partial charge in [-0.15, -0.1) is 0 Å². The lowest BCUT2D eigenvalue weighted by atomic mass is 10.2. The molecule has 1 aromatic heterocycles. The topological polar surface area (TPSA) is 47.0 Å². The van der Waals surface area contributed by atoms with Gasteiger partial charge in [-0.2, -0.15) is 10.2 Å². The maximum absolute atomic E-state index is 5.56. The van der Waals surface area contributed by atoms with Crippen molar-refractivity contribution in [3.63, 3.8) is 0 Å². The minimum absolute atomic E-state index is 0.640. The molecule has 0 amide bonds. The van der Waals surface area contributed by atoms with E-state index >= 15 is 0 Å². The van der Waals surface area contributed by atoms with Gasteiger partial charge in [0.1, 0.15) is 5.75 Å². The lowest BCUT2D eigenvalue weighted by molar-refractivity contribution is 0.336. The average molecular weight is 401 g/mol. The third-order valence-corrected chi connectivity index (χ3v) is 3.79. The molecular weight excluding hydrogens is 386 g/mol. The lowest BCUT2D eigenvalue weighted by Gasteiger charge is -2.11. The van der Waals surface area contributed by atoms with Gasteiger partial charge in [-0.05, 0) is 68.6 Å². The van der Waals surface area contributed by atoms with Crippen molar-refractivity contribution < 1.29 is 4.74 Å². The minimum atomic E-state index is 0.640.